The lowest BCUT2D eigenvalue weighted by atomic mass is 10.1. The fourth-order valence-corrected chi connectivity index (χ4v) is 4.58. The molecule has 2 aliphatic rings. The molecule has 2 heterocycles. The van der Waals surface area contributed by atoms with Gasteiger partial charge < -0.3 is 14.7 Å². The zero-order chi connectivity index (χ0) is 27.6. The maximum Gasteiger partial charge on any atom is 0.501 e. The number of esters is 1. The number of imide groups is 1. The van der Waals surface area contributed by atoms with Crippen molar-refractivity contribution >= 4 is 33.4 Å². The van der Waals surface area contributed by atoms with E-state index in [0.717, 1.165) is 23.2 Å². The summed E-state index contributed by atoms with van der Waals surface area (Å²) in [5.74, 6) is -4.21. The highest BCUT2D eigenvalue weighted by atomic mass is 32.2. The second-order valence-corrected chi connectivity index (χ2v) is 9.92. The van der Waals surface area contributed by atoms with E-state index >= 15 is 0 Å². The van der Waals surface area contributed by atoms with E-state index < -0.39 is 80.4 Å². The summed E-state index contributed by atoms with van der Waals surface area (Å²) in [5.41, 5.74) is -8.10. The quantitative estimate of drug-likeness (QED) is 0.340. The minimum atomic E-state index is -5.74. The molecule has 1 aliphatic carbocycles. The van der Waals surface area contributed by atoms with Crippen LogP contribution in [0.1, 0.15) is 12.0 Å². The number of carbonyl (C=O) groups excluding carboxylic acids is 3. The Labute approximate surface area is 203 Å². The van der Waals surface area contributed by atoms with Crippen molar-refractivity contribution in [3.63, 3.8) is 0 Å². The maximum absolute atomic E-state index is 13.3. The van der Waals surface area contributed by atoms with Crippen LogP contribution in [0.5, 0.6) is 5.75 Å². The van der Waals surface area contributed by atoms with Gasteiger partial charge in [0.15, 0.2) is 5.54 Å². The van der Waals surface area contributed by atoms with E-state index in [1.807, 2.05) is 0 Å². The van der Waals surface area contributed by atoms with E-state index in [1.165, 1.54) is 12.3 Å². The fraction of sp³-hybridized carbons (Fsp3) is 0.300. The summed E-state index contributed by atoms with van der Waals surface area (Å²) in [5, 5.41) is 10.0. The topological polar surface area (TPSA) is 134 Å². The van der Waals surface area contributed by atoms with Crippen LogP contribution < -0.4 is 4.90 Å². The molecule has 2 fully saturated rings. The first-order valence-corrected chi connectivity index (χ1v) is 11.5. The van der Waals surface area contributed by atoms with Crippen molar-refractivity contribution in [1.29, 1.82) is 0 Å². The number of urea groups is 1. The summed E-state index contributed by atoms with van der Waals surface area (Å²) in [6, 6.07) is 2.54. The van der Waals surface area contributed by atoms with Crippen LogP contribution in [0.3, 0.4) is 0 Å². The lowest BCUT2D eigenvalue weighted by Crippen LogP contribution is -2.41. The number of aromatic hydroxyl groups is 1. The Kier molecular flexibility index (Phi) is 5.89. The van der Waals surface area contributed by atoms with Crippen LogP contribution in [0, 0.1) is 0 Å². The van der Waals surface area contributed by atoms with Gasteiger partial charge in [0, 0.05) is 18.2 Å². The summed E-state index contributed by atoms with van der Waals surface area (Å²) in [6.07, 6.45) is -5.45. The molecule has 4 rings (SSSR count). The summed E-state index contributed by atoms with van der Waals surface area (Å²) in [4.78, 5) is 41.5. The molecular weight excluding hydrogens is 540 g/mol. The predicted molar refractivity (Wildman–Crippen MR) is 107 cm³/mol. The summed E-state index contributed by atoms with van der Waals surface area (Å²) < 4.78 is 104. The van der Waals surface area contributed by atoms with Crippen molar-refractivity contribution in [1.82, 2.24) is 9.88 Å². The highest BCUT2D eigenvalue weighted by molar-refractivity contribution is 7.92. The van der Waals surface area contributed by atoms with Gasteiger partial charge in [-0.3, -0.25) is 9.78 Å². The number of aromatic nitrogens is 1. The molecule has 1 N–H and O–H groups in total. The molecule has 37 heavy (non-hydrogen) atoms. The molecule has 1 aromatic carbocycles. The Balaban J connectivity index is 1.71. The van der Waals surface area contributed by atoms with Crippen LogP contribution in [-0.4, -0.2) is 64.6 Å². The van der Waals surface area contributed by atoms with Gasteiger partial charge in [-0.15, -0.1) is 0 Å². The average molecular weight is 553 g/mol. The molecule has 1 aliphatic heterocycles. The molecule has 10 nitrogen and oxygen atoms in total. The summed E-state index contributed by atoms with van der Waals surface area (Å²) in [6.45, 7) is -0.546. The minimum Gasteiger partial charge on any atom is -0.506 e. The molecule has 1 spiro atoms. The van der Waals surface area contributed by atoms with E-state index in [9.17, 15) is 54.3 Å². The molecule has 2 aromatic rings. The van der Waals surface area contributed by atoms with Gasteiger partial charge in [-0.2, -0.15) is 26.3 Å². The average Bonchev–Trinajstić information content (AvgIpc) is 3.47. The monoisotopic (exact) mass is 553 g/mol. The number of anilines is 1. The molecule has 17 heteroatoms. The molecule has 0 bridgehead atoms. The largest absolute Gasteiger partial charge is 0.506 e. The molecule has 1 saturated carbocycles. The van der Waals surface area contributed by atoms with Crippen LogP contribution in [0.2, 0.25) is 0 Å². The molecule has 0 radical (unpaired) electrons. The third kappa shape index (κ3) is 4.21. The second kappa shape index (κ2) is 8.32. The van der Waals surface area contributed by atoms with Crippen molar-refractivity contribution in [3.05, 3.63) is 48.3 Å². The van der Waals surface area contributed by atoms with E-state index in [0.29, 0.717) is 17.0 Å². The van der Waals surface area contributed by atoms with Gasteiger partial charge in [0.2, 0.25) is 0 Å². The summed E-state index contributed by atoms with van der Waals surface area (Å²) >= 11 is 0. The van der Waals surface area contributed by atoms with E-state index in [1.54, 1.807) is 0 Å². The number of carbonyl (C=O) groups is 3. The highest BCUT2D eigenvalue weighted by Crippen LogP contribution is 2.52. The van der Waals surface area contributed by atoms with E-state index in [-0.39, 0.29) is 5.56 Å². The molecular formula is C20H13F6N3O7S. The molecule has 3 amide bonds. The first-order chi connectivity index (χ1) is 17.0. The Morgan fingerprint density at radius 2 is 1.73 bits per heavy atom. The number of alkyl halides is 6. The number of nitrogens with zero attached hydrogens (tertiary/aromatic N) is 3. The number of sulfone groups is 1. The standard InChI is InChI=1S/C20H13F6N3O7S/c21-19(22,23)16(32)36-14-7-18(14)15(31)29(17(33)28(18)9-10-5-6-27-8-13(10)30)11-1-3-12(4-2-11)37(34,35)20(24,25)26/h1-6,8,14,30H,7,9H2. The number of amides is 3. The zero-order valence-corrected chi connectivity index (χ0v) is 18.8. The first kappa shape index (κ1) is 26.2. The van der Waals surface area contributed by atoms with Crippen LogP contribution in [0.4, 0.5) is 36.8 Å². The second-order valence-electron chi connectivity index (χ2n) is 7.98. The summed E-state index contributed by atoms with van der Waals surface area (Å²) in [7, 11) is -5.74. The lowest BCUT2D eigenvalue weighted by molar-refractivity contribution is -0.202. The van der Waals surface area contributed by atoms with Gasteiger partial charge in [0.1, 0.15) is 11.9 Å². The van der Waals surface area contributed by atoms with Gasteiger partial charge in [-0.05, 0) is 30.3 Å². The Hall–Kier alpha value is -3.89. The number of pyridine rings is 1. The van der Waals surface area contributed by atoms with Crippen LogP contribution in [0.25, 0.3) is 0 Å². The normalized spacial score (nSPS) is 22.1. The third-order valence-electron chi connectivity index (χ3n) is 5.75. The van der Waals surface area contributed by atoms with Crippen LogP contribution in [0.15, 0.2) is 47.6 Å². The van der Waals surface area contributed by atoms with Crippen molar-refractivity contribution in [2.45, 2.75) is 41.2 Å². The highest BCUT2D eigenvalue weighted by Gasteiger charge is 2.75. The molecule has 1 saturated heterocycles. The van der Waals surface area contributed by atoms with Crippen molar-refractivity contribution in [2.75, 3.05) is 4.90 Å². The number of ether oxygens (including phenoxy) is 1. The molecule has 1 aromatic heterocycles. The number of benzene rings is 1. The van der Waals surface area contributed by atoms with Gasteiger partial charge in [0.25, 0.3) is 15.7 Å². The number of hydrogen-bond donors (Lipinski definition) is 1. The Morgan fingerprint density at radius 1 is 1.11 bits per heavy atom. The van der Waals surface area contributed by atoms with Gasteiger partial charge in [-0.1, -0.05) is 0 Å². The number of rotatable bonds is 5. The van der Waals surface area contributed by atoms with Gasteiger partial charge in [0.05, 0.1) is 23.3 Å². The smallest absolute Gasteiger partial charge is 0.501 e. The zero-order valence-electron chi connectivity index (χ0n) is 17.9. The lowest BCUT2D eigenvalue weighted by Gasteiger charge is -2.22. The van der Waals surface area contributed by atoms with E-state index in [2.05, 4.69) is 9.72 Å². The number of hydrogen-bond acceptors (Lipinski definition) is 8. The van der Waals surface area contributed by atoms with Crippen molar-refractivity contribution < 1.29 is 59.0 Å². The molecule has 2 unspecified atom stereocenters. The molecule has 2 atom stereocenters. The number of halogens is 6. The third-order valence-corrected chi connectivity index (χ3v) is 7.26. The fourth-order valence-electron chi connectivity index (χ4n) is 3.82. The minimum absolute atomic E-state index is 0.0248. The SMILES string of the molecule is O=C1N(c2ccc(S(=O)(=O)C(F)(F)F)cc2)C(=O)C2(CC2OC(=O)C(F)(F)F)N1Cc1ccncc1O. The van der Waals surface area contributed by atoms with Crippen molar-refractivity contribution in [2.24, 2.45) is 0 Å². The Bertz CT molecular complexity index is 1390. The first-order valence-electron chi connectivity index (χ1n) is 9.99. The predicted octanol–water partition coefficient (Wildman–Crippen LogP) is 2.67. The van der Waals surface area contributed by atoms with Crippen LogP contribution >= 0.6 is 0 Å². The Morgan fingerprint density at radius 3 is 2.27 bits per heavy atom. The van der Waals surface area contributed by atoms with Crippen molar-refractivity contribution in [3.8, 4) is 5.75 Å². The van der Waals surface area contributed by atoms with Gasteiger partial charge >= 0.3 is 23.7 Å². The molecule has 198 valence electrons. The maximum atomic E-state index is 13.3. The van der Waals surface area contributed by atoms with Crippen LogP contribution in [-0.2, 0) is 30.7 Å². The van der Waals surface area contributed by atoms with E-state index in [4.69, 9.17) is 0 Å². The van der Waals surface area contributed by atoms with Gasteiger partial charge in [-0.25, -0.2) is 22.9 Å².